The van der Waals surface area contributed by atoms with Crippen LogP contribution in [0, 0.1) is 5.41 Å². The number of carbonyl (C=O) groups excluding carboxylic acids is 1. The third kappa shape index (κ3) is 11.2. The first-order valence-corrected chi connectivity index (χ1v) is 9.67. The molecule has 5 nitrogen and oxygen atoms in total. The van der Waals surface area contributed by atoms with E-state index in [4.69, 9.17) is 0 Å². The highest BCUT2D eigenvalue weighted by atomic mass is 127. The SMILES string of the molecule is CCNC(=O)c1cccc(CN=C(NCC)NC(C)CCC(C)(C)C)c1.I. The zero-order valence-corrected chi connectivity index (χ0v) is 20.0. The van der Waals surface area contributed by atoms with Crippen LogP contribution in [-0.2, 0) is 6.54 Å². The second-order valence-electron chi connectivity index (χ2n) is 7.90. The van der Waals surface area contributed by atoms with E-state index >= 15 is 0 Å². The van der Waals surface area contributed by atoms with Crippen LogP contribution in [0.1, 0.15) is 70.3 Å². The van der Waals surface area contributed by atoms with Crippen molar-refractivity contribution in [3.05, 3.63) is 35.4 Å². The maximum Gasteiger partial charge on any atom is 0.251 e. The maximum absolute atomic E-state index is 12.0. The predicted octanol–water partition coefficient (Wildman–Crippen LogP) is 4.32. The molecule has 0 bridgehead atoms. The van der Waals surface area contributed by atoms with Crippen molar-refractivity contribution in [2.75, 3.05) is 13.1 Å². The zero-order chi connectivity index (χ0) is 19.6. The number of rotatable bonds is 8. The summed E-state index contributed by atoms with van der Waals surface area (Å²) >= 11 is 0. The number of amides is 1. The first-order valence-electron chi connectivity index (χ1n) is 9.67. The lowest BCUT2D eigenvalue weighted by atomic mass is 9.89. The highest BCUT2D eigenvalue weighted by molar-refractivity contribution is 14.0. The number of hydrogen-bond acceptors (Lipinski definition) is 2. The van der Waals surface area contributed by atoms with E-state index < -0.39 is 0 Å². The summed E-state index contributed by atoms with van der Waals surface area (Å²) in [5, 5.41) is 9.60. The molecule has 1 aromatic carbocycles. The number of nitrogens with zero attached hydrogens (tertiary/aromatic N) is 1. The van der Waals surface area contributed by atoms with Crippen molar-refractivity contribution >= 4 is 35.8 Å². The summed E-state index contributed by atoms with van der Waals surface area (Å²) in [7, 11) is 0. The van der Waals surface area contributed by atoms with Crippen LogP contribution in [-0.4, -0.2) is 31.0 Å². The van der Waals surface area contributed by atoms with Crippen molar-refractivity contribution < 1.29 is 4.79 Å². The fraction of sp³-hybridized carbons (Fsp3) is 0.619. The van der Waals surface area contributed by atoms with E-state index in [0.717, 1.165) is 30.9 Å². The van der Waals surface area contributed by atoms with Gasteiger partial charge in [0.15, 0.2) is 5.96 Å². The Morgan fingerprint density at radius 1 is 1.15 bits per heavy atom. The monoisotopic (exact) mass is 488 g/mol. The van der Waals surface area contributed by atoms with Crippen molar-refractivity contribution in [2.45, 2.75) is 67.0 Å². The van der Waals surface area contributed by atoms with Gasteiger partial charge in [0.05, 0.1) is 6.54 Å². The lowest BCUT2D eigenvalue weighted by Gasteiger charge is -2.23. The van der Waals surface area contributed by atoms with Crippen molar-refractivity contribution in [2.24, 2.45) is 10.4 Å². The van der Waals surface area contributed by atoms with Gasteiger partial charge < -0.3 is 16.0 Å². The van der Waals surface area contributed by atoms with E-state index in [2.05, 4.69) is 55.6 Å². The number of aliphatic imine (C=N–C) groups is 1. The molecule has 0 spiro atoms. The molecule has 1 amide bonds. The summed E-state index contributed by atoms with van der Waals surface area (Å²) in [6.45, 7) is 14.9. The molecule has 0 heterocycles. The zero-order valence-electron chi connectivity index (χ0n) is 17.7. The third-order valence-electron chi connectivity index (χ3n) is 4.00. The molecule has 0 aliphatic carbocycles. The molecule has 0 aliphatic rings. The largest absolute Gasteiger partial charge is 0.357 e. The predicted molar refractivity (Wildman–Crippen MR) is 126 cm³/mol. The van der Waals surface area contributed by atoms with E-state index in [1.54, 1.807) is 0 Å². The molecule has 0 fully saturated rings. The smallest absolute Gasteiger partial charge is 0.251 e. The van der Waals surface area contributed by atoms with Gasteiger partial charge in [-0.25, -0.2) is 4.99 Å². The Morgan fingerprint density at radius 3 is 2.41 bits per heavy atom. The molecule has 154 valence electrons. The molecular formula is C21H37IN4O. The Balaban J connectivity index is 0.00000676. The lowest BCUT2D eigenvalue weighted by Crippen LogP contribution is -2.42. The van der Waals surface area contributed by atoms with Crippen LogP contribution < -0.4 is 16.0 Å². The number of carbonyl (C=O) groups is 1. The minimum Gasteiger partial charge on any atom is -0.357 e. The maximum atomic E-state index is 12.0. The quantitative estimate of drug-likeness (QED) is 0.290. The molecule has 0 aromatic heterocycles. The van der Waals surface area contributed by atoms with Crippen molar-refractivity contribution in [1.82, 2.24) is 16.0 Å². The van der Waals surface area contributed by atoms with E-state index in [1.807, 2.05) is 31.2 Å². The van der Waals surface area contributed by atoms with Gasteiger partial charge in [-0.15, -0.1) is 24.0 Å². The third-order valence-corrected chi connectivity index (χ3v) is 4.00. The Bertz CT molecular complexity index is 596. The van der Waals surface area contributed by atoms with Gasteiger partial charge in [-0.05, 0) is 56.7 Å². The summed E-state index contributed by atoms with van der Waals surface area (Å²) in [5.41, 5.74) is 2.04. The summed E-state index contributed by atoms with van der Waals surface area (Å²) < 4.78 is 0. The van der Waals surface area contributed by atoms with Crippen LogP contribution in [0.5, 0.6) is 0 Å². The Morgan fingerprint density at radius 2 is 1.81 bits per heavy atom. The molecule has 1 unspecified atom stereocenters. The standard InChI is InChI=1S/C21H36N4O.HI/c1-7-22-19(26)18-11-9-10-17(14-18)15-24-20(23-8-2)25-16(3)12-13-21(4,5)6;/h9-11,14,16H,7-8,12-13,15H2,1-6H3,(H,22,26)(H2,23,24,25);1H. The number of halogens is 1. The van der Waals surface area contributed by atoms with Crippen molar-refractivity contribution in [3.8, 4) is 0 Å². The van der Waals surface area contributed by atoms with Gasteiger partial charge in [-0.1, -0.05) is 32.9 Å². The molecular weight excluding hydrogens is 451 g/mol. The highest BCUT2D eigenvalue weighted by Crippen LogP contribution is 2.21. The minimum absolute atomic E-state index is 0. The molecule has 27 heavy (non-hydrogen) atoms. The average molecular weight is 488 g/mol. The fourth-order valence-electron chi connectivity index (χ4n) is 2.52. The second kappa shape index (κ2) is 13.0. The van der Waals surface area contributed by atoms with Crippen LogP contribution in [0.4, 0.5) is 0 Å². The Labute approximate surface area is 182 Å². The first-order chi connectivity index (χ1) is 12.2. The van der Waals surface area contributed by atoms with Crippen LogP contribution in [0.15, 0.2) is 29.3 Å². The van der Waals surface area contributed by atoms with Gasteiger partial charge in [0.2, 0.25) is 0 Å². The normalized spacial score (nSPS) is 12.7. The molecule has 3 N–H and O–H groups in total. The van der Waals surface area contributed by atoms with Crippen LogP contribution in [0.25, 0.3) is 0 Å². The molecule has 1 atom stereocenters. The van der Waals surface area contributed by atoms with Crippen LogP contribution in [0.2, 0.25) is 0 Å². The summed E-state index contributed by atoms with van der Waals surface area (Å²) in [5.74, 6) is 0.775. The molecule has 0 aliphatic heterocycles. The van der Waals surface area contributed by atoms with Gasteiger partial charge in [0.1, 0.15) is 0 Å². The van der Waals surface area contributed by atoms with Gasteiger partial charge in [0, 0.05) is 24.7 Å². The second-order valence-corrected chi connectivity index (χ2v) is 7.90. The highest BCUT2D eigenvalue weighted by Gasteiger charge is 2.13. The van der Waals surface area contributed by atoms with Gasteiger partial charge in [-0.3, -0.25) is 4.79 Å². The lowest BCUT2D eigenvalue weighted by molar-refractivity contribution is 0.0955. The molecule has 0 saturated carbocycles. The van der Waals surface area contributed by atoms with E-state index in [-0.39, 0.29) is 29.9 Å². The van der Waals surface area contributed by atoms with Gasteiger partial charge in [0.25, 0.3) is 5.91 Å². The fourth-order valence-corrected chi connectivity index (χ4v) is 2.52. The minimum atomic E-state index is -0.0424. The molecule has 0 saturated heterocycles. The number of benzene rings is 1. The van der Waals surface area contributed by atoms with Gasteiger partial charge in [-0.2, -0.15) is 0 Å². The molecule has 1 aromatic rings. The molecule has 6 heteroatoms. The van der Waals surface area contributed by atoms with E-state index in [9.17, 15) is 4.79 Å². The number of nitrogens with one attached hydrogen (secondary N) is 3. The summed E-state index contributed by atoms with van der Waals surface area (Å²) in [6.07, 6.45) is 2.26. The summed E-state index contributed by atoms with van der Waals surface area (Å²) in [6, 6.07) is 7.99. The van der Waals surface area contributed by atoms with Gasteiger partial charge >= 0.3 is 0 Å². The van der Waals surface area contributed by atoms with E-state index in [1.165, 1.54) is 0 Å². The van der Waals surface area contributed by atoms with Crippen LogP contribution >= 0.6 is 24.0 Å². The summed E-state index contributed by atoms with van der Waals surface area (Å²) in [4.78, 5) is 16.6. The molecule has 1 rings (SSSR count). The number of hydrogen-bond donors (Lipinski definition) is 3. The number of guanidine groups is 1. The van der Waals surface area contributed by atoms with Crippen molar-refractivity contribution in [1.29, 1.82) is 0 Å². The van der Waals surface area contributed by atoms with Crippen LogP contribution in [0.3, 0.4) is 0 Å². The van der Waals surface area contributed by atoms with E-state index in [0.29, 0.717) is 30.1 Å². The first kappa shape index (κ1) is 25.7. The topological polar surface area (TPSA) is 65.5 Å². The average Bonchev–Trinajstić information content (AvgIpc) is 2.58. The Kier molecular flexibility index (Phi) is 12.3. The van der Waals surface area contributed by atoms with Crippen molar-refractivity contribution in [3.63, 3.8) is 0 Å². The molecule has 0 radical (unpaired) electrons. The Hall–Kier alpha value is -1.31.